The average Bonchev–Trinajstić information content (AvgIpc) is 2.63. The second kappa shape index (κ2) is 6.79. The summed E-state index contributed by atoms with van der Waals surface area (Å²) in [6, 6.07) is 13.1. The highest BCUT2D eigenvalue weighted by Crippen LogP contribution is 2.30. The van der Waals surface area contributed by atoms with E-state index in [2.05, 4.69) is 89.9 Å². The topological polar surface area (TPSA) is 42.6 Å². The van der Waals surface area contributed by atoms with Crippen molar-refractivity contribution in [1.29, 1.82) is 0 Å². The molecule has 0 radical (unpaired) electrons. The van der Waals surface area contributed by atoms with Crippen molar-refractivity contribution in [2.24, 2.45) is 7.05 Å². The first kappa shape index (κ1) is 18.2. The van der Waals surface area contributed by atoms with E-state index in [0.717, 1.165) is 28.4 Å². The van der Waals surface area contributed by atoms with Crippen LogP contribution >= 0.6 is 0 Å². The van der Waals surface area contributed by atoms with Crippen molar-refractivity contribution in [1.82, 2.24) is 15.0 Å². The summed E-state index contributed by atoms with van der Waals surface area (Å²) in [7, 11) is 2.10. The molecule has 4 aromatic rings. The fourth-order valence-electron chi connectivity index (χ4n) is 3.87. The lowest BCUT2D eigenvalue weighted by atomic mass is 9.96. The largest absolute Gasteiger partial charge is 0.219 e. The third-order valence-electron chi connectivity index (χ3n) is 5.32. The van der Waals surface area contributed by atoms with Crippen molar-refractivity contribution < 1.29 is 4.57 Å². The van der Waals surface area contributed by atoms with Gasteiger partial charge in [0, 0.05) is 17.2 Å². The Bertz CT molecular complexity index is 1200. The fourth-order valence-corrected chi connectivity index (χ4v) is 3.87. The molecule has 2 aromatic carbocycles. The van der Waals surface area contributed by atoms with Crippen LogP contribution in [-0.4, -0.2) is 15.0 Å². The molecule has 0 saturated heterocycles. The summed E-state index contributed by atoms with van der Waals surface area (Å²) in [5.74, 6) is 2.21. The first-order valence-corrected chi connectivity index (χ1v) is 9.54. The maximum absolute atomic E-state index is 4.57. The molecule has 0 N–H and O–H groups in total. The maximum atomic E-state index is 4.57. The van der Waals surface area contributed by atoms with E-state index in [4.69, 9.17) is 0 Å². The molecule has 2 aromatic heterocycles. The SMILES string of the molecule is Cc1cc(C)c(C)c(-c2cc3cccc(-c4nc(C)nc(C)n4)c3c[n+]2C)c1. The number of hydrogen-bond donors (Lipinski definition) is 0. The van der Waals surface area contributed by atoms with Gasteiger partial charge in [-0.05, 0) is 57.2 Å². The van der Waals surface area contributed by atoms with Crippen LogP contribution in [0.3, 0.4) is 0 Å². The Balaban J connectivity index is 1.97. The van der Waals surface area contributed by atoms with Crippen molar-refractivity contribution in [3.05, 3.63) is 70.9 Å². The van der Waals surface area contributed by atoms with Gasteiger partial charge in [-0.25, -0.2) is 19.5 Å². The van der Waals surface area contributed by atoms with Gasteiger partial charge in [0.25, 0.3) is 0 Å². The van der Waals surface area contributed by atoms with Crippen LogP contribution in [0.4, 0.5) is 0 Å². The van der Waals surface area contributed by atoms with Crippen LogP contribution in [0.15, 0.2) is 42.6 Å². The molecule has 4 nitrogen and oxygen atoms in total. The summed E-state index contributed by atoms with van der Waals surface area (Å²) in [6.45, 7) is 10.3. The molecule has 0 bridgehead atoms. The zero-order chi connectivity index (χ0) is 20.0. The minimum absolute atomic E-state index is 0.728. The Morgan fingerprint density at radius 1 is 0.786 bits per heavy atom. The molecule has 4 rings (SSSR count). The lowest BCUT2D eigenvalue weighted by Crippen LogP contribution is -2.30. The van der Waals surface area contributed by atoms with Crippen molar-refractivity contribution in [2.75, 3.05) is 0 Å². The Morgan fingerprint density at radius 3 is 2.21 bits per heavy atom. The van der Waals surface area contributed by atoms with Crippen LogP contribution < -0.4 is 4.57 Å². The molecule has 0 aliphatic heterocycles. The normalized spacial score (nSPS) is 11.2. The molecule has 0 unspecified atom stereocenters. The smallest absolute Gasteiger partial charge is 0.213 e. The van der Waals surface area contributed by atoms with Gasteiger partial charge < -0.3 is 0 Å². The highest BCUT2D eigenvalue weighted by atomic mass is 15.0. The second-order valence-electron chi connectivity index (χ2n) is 7.59. The highest BCUT2D eigenvalue weighted by molar-refractivity contribution is 5.95. The Labute approximate surface area is 166 Å². The number of aromatic nitrogens is 4. The molecule has 4 heteroatoms. The number of nitrogens with zero attached hydrogens (tertiary/aromatic N) is 4. The monoisotopic (exact) mass is 369 g/mol. The molecule has 0 saturated carbocycles. The van der Waals surface area contributed by atoms with Gasteiger partial charge in [0.15, 0.2) is 12.0 Å². The number of pyridine rings is 1. The van der Waals surface area contributed by atoms with Crippen LogP contribution in [0.1, 0.15) is 28.3 Å². The third-order valence-corrected chi connectivity index (χ3v) is 5.32. The summed E-state index contributed by atoms with van der Waals surface area (Å²) in [5.41, 5.74) is 7.44. The quantitative estimate of drug-likeness (QED) is 0.480. The molecule has 140 valence electrons. The fraction of sp³-hybridized carbons (Fsp3) is 0.250. The molecule has 0 aliphatic rings. The molecule has 2 heterocycles. The number of benzene rings is 2. The molecular weight excluding hydrogens is 344 g/mol. The number of aryl methyl sites for hydroxylation is 5. The minimum Gasteiger partial charge on any atom is -0.219 e. The minimum atomic E-state index is 0.728. The number of fused-ring (bicyclic) bond motifs is 1. The van der Waals surface area contributed by atoms with Gasteiger partial charge in [0.05, 0.1) is 5.39 Å². The van der Waals surface area contributed by atoms with Crippen LogP contribution in [-0.2, 0) is 7.05 Å². The van der Waals surface area contributed by atoms with E-state index in [0.29, 0.717) is 0 Å². The predicted molar refractivity (Wildman–Crippen MR) is 113 cm³/mol. The van der Waals surface area contributed by atoms with Crippen LogP contribution in [0.25, 0.3) is 33.4 Å². The standard InChI is InChI=1S/C24H25N4/c1-14-10-15(2)16(3)21(11-14)23-12-19-8-7-9-20(22(19)13-28(23)6)24-26-17(4)25-18(5)27-24/h7-13H,1-6H3/q+1. The van der Waals surface area contributed by atoms with Gasteiger partial charge in [0.2, 0.25) is 5.69 Å². The van der Waals surface area contributed by atoms with Crippen LogP contribution in [0.2, 0.25) is 0 Å². The average molecular weight is 369 g/mol. The third kappa shape index (κ3) is 3.15. The maximum Gasteiger partial charge on any atom is 0.213 e. The van der Waals surface area contributed by atoms with E-state index >= 15 is 0 Å². The number of rotatable bonds is 2. The van der Waals surface area contributed by atoms with E-state index in [1.54, 1.807) is 0 Å². The zero-order valence-corrected chi connectivity index (χ0v) is 17.3. The first-order valence-electron chi connectivity index (χ1n) is 9.54. The summed E-state index contributed by atoms with van der Waals surface area (Å²) >= 11 is 0. The molecule has 0 spiro atoms. The van der Waals surface area contributed by atoms with Gasteiger partial charge in [-0.2, -0.15) is 0 Å². The zero-order valence-electron chi connectivity index (χ0n) is 17.3. The lowest BCUT2D eigenvalue weighted by Gasteiger charge is -2.11. The molecule has 0 fully saturated rings. The van der Waals surface area contributed by atoms with Crippen molar-refractivity contribution in [3.63, 3.8) is 0 Å². The van der Waals surface area contributed by atoms with Crippen LogP contribution in [0, 0.1) is 34.6 Å². The Morgan fingerprint density at radius 2 is 1.50 bits per heavy atom. The summed E-state index contributed by atoms with van der Waals surface area (Å²) in [5, 5.41) is 2.32. The van der Waals surface area contributed by atoms with Gasteiger partial charge in [-0.3, -0.25) is 0 Å². The van der Waals surface area contributed by atoms with Crippen molar-refractivity contribution in [2.45, 2.75) is 34.6 Å². The van der Waals surface area contributed by atoms with E-state index in [9.17, 15) is 0 Å². The van der Waals surface area contributed by atoms with E-state index in [-0.39, 0.29) is 0 Å². The van der Waals surface area contributed by atoms with Gasteiger partial charge in [-0.1, -0.05) is 29.8 Å². The Kier molecular flexibility index (Phi) is 4.42. The lowest BCUT2D eigenvalue weighted by molar-refractivity contribution is -0.659. The summed E-state index contributed by atoms with van der Waals surface area (Å²) < 4.78 is 2.20. The van der Waals surface area contributed by atoms with E-state index in [1.165, 1.54) is 33.3 Å². The van der Waals surface area contributed by atoms with Gasteiger partial charge in [-0.15, -0.1) is 0 Å². The van der Waals surface area contributed by atoms with Gasteiger partial charge >= 0.3 is 0 Å². The van der Waals surface area contributed by atoms with E-state index < -0.39 is 0 Å². The highest BCUT2D eigenvalue weighted by Gasteiger charge is 2.18. The van der Waals surface area contributed by atoms with Crippen molar-refractivity contribution in [3.8, 4) is 22.6 Å². The first-order chi connectivity index (χ1) is 13.3. The molecular formula is C24H25N4+. The predicted octanol–water partition coefficient (Wildman–Crippen LogP) is 4.73. The molecule has 0 amide bonds. The summed E-state index contributed by atoms with van der Waals surface area (Å²) in [6.07, 6.45) is 2.19. The van der Waals surface area contributed by atoms with Crippen LogP contribution in [0.5, 0.6) is 0 Å². The molecule has 0 atom stereocenters. The Hall–Kier alpha value is -3.14. The van der Waals surface area contributed by atoms with Gasteiger partial charge in [0.1, 0.15) is 18.7 Å². The van der Waals surface area contributed by atoms with Crippen molar-refractivity contribution >= 4 is 10.8 Å². The second-order valence-corrected chi connectivity index (χ2v) is 7.59. The molecule has 28 heavy (non-hydrogen) atoms. The molecule has 0 aliphatic carbocycles. The van der Waals surface area contributed by atoms with E-state index in [1.807, 2.05) is 13.8 Å². The number of hydrogen-bond acceptors (Lipinski definition) is 3. The summed E-state index contributed by atoms with van der Waals surface area (Å²) in [4.78, 5) is 13.5.